The predicted octanol–water partition coefficient (Wildman–Crippen LogP) is 3.08. The smallest absolute Gasteiger partial charge is 0.406 e. The van der Waals surface area contributed by atoms with Crippen molar-refractivity contribution in [3.8, 4) is 5.75 Å². The van der Waals surface area contributed by atoms with Gasteiger partial charge in [0.15, 0.2) is 0 Å². The number of fused-ring (bicyclic) bond motifs is 1. The van der Waals surface area contributed by atoms with Crippen molar-refractivity contribution in [2.45, 2.75) is 19.2 Å². The Morgan fingerprint density at radius 2 is 2.00 bits per heavy atom. The second kappa shape index (κ2) is 3.19. The van der Waals surface area contributed by atoms with Crippen molar-refractivity contribution < 1.29 is 17.9 Å². The molecule has 0 atom stereocenters. The van der Waals surface area contributed by atoms with Gasteiger partial charge in [-0.1, -0.05) is 6.07 Å². The molecule has 0 aliphatic heterocycles. The molecule has 0 fully saturated rings. The van der Waals surface area contributed by atoms with Gasteiger partial charge in [-0.05, 0) is 42.5 Å². The molecule has 1 aromatic rings. The van der Waals surface area contributed by atoms with E-state index in [1.807, 2.05) is 6.42 Å². The van der Waals surface area contributed by atoms with Gasteiger partial charge < -0.3 is 4.74 Å². The number of ether oxygens (including phenoxy) is 1. The summed E-state index contributed by atoms with van der Waals surface area (Å²) in [7, 11) is 0. The molecule has 1 nitrogen and oxygen atoms in total. The van der Waals surface area contributed by atoms with E-state index in [1.54, 1.807) is 6.07 Å². The van der Waals surface area contributed by atoms with Crippen LogP contribution in [0.3, 0.4) is 0 Å². The van der Waals surface area contributed by atoms with E-state index in [4.69, 9.17) is 0 Å². The number of hydrogen-bond acceptors (Lipinski definition) is 1. The maximum absolute atomic E-state index is 11.9. The molecule has 0 bridgehead atoms. The Balaban J connectivity index is 2.21. The summed E-state index contributed by atoms with van der Waals surface area (Å²) in [6, 6.07) is 4.45. The zero-order valence-corrected chi connectivity index (χ0v) is 7.27. The number of alkyl halides is 3. The van der Waals surface area contributed by atoms with Gasteiger partial charge in [0.05, 0.1) is 0 Å². The van der Waals surface area contributed by atoms with Crippen LogP contribution >= 0.6 is 0 Å². The number of aryl methyl sites for hydroxylation is 1. The minimum absolute atomic E-state index is 0.133. The maximum Gasteiger partial charge on any atom is 0.573 e. The van der Waals surface area contributed by atoms with Crippen LogP contribution in [0.15, 0.2) is 18.2 Å². The van der Waals surface area contributed by atoms with E-state index in [-0.39, 0.29) is 5.75 Å². The van der Waals surface area contributed by atoms with Crippen LogP contribution in [0.4, 0.5) is 13.2 Å². The van der Waals surface area contributed by atoms with Crippen molar-refractivity contribution >= 4 is 0 Å². The van der Waals surface area contributed by atoms with Crippen molar-refractivity contribution in [3.05, 3.63) is 35.7 Å². The van der Waals surface area contributed by atoms with E-state index < -0.39 is 6.36 Å². The first-order valence-electron chi connectivity index (χ1n) is 4.26. The molecule has 0 aromatic heterocycles. The SMILES string of the molecule is FC(F)(F)Oc1ccc2c(c1)CC[CH]2. The first-order chi connectivity index (χ1) is 6.54. The first kappa shape index (κ1) is 9.37. The zero-order chi connectivity index (χ0) is 10.2. The third-order valence-electron chi connectivity index (χ3n) is 2.13. The fourth-order valence-corrected chi connectivity index (χ4v) is 1.58. The highest BCUT2D eigenvalue weighted by Gasteiger charge is 2.31. The van der Waals surface area contributed by atoms with E-state index >= 15 is 0 Å². The third kappa shape index (κ3) is 2.00. The Hall–Kier alpha value is -1.19. The zero-order valence-electron chi connectivity index (χ0n) is 7.27. The fraction of sp³-hybridized carbons (Fsp3) is 0.300. The Bertz CT molecular complexity index is 344. The van der Waals surface area contributed by atoms with E-state index in [0.717, 1.165) is 24.0 Å². The summed E-state index contributed by atoms with van der Waals surface area (Å²) in [6.07, 6.45) is -0.904. The summed E-state index contributed by atoms with van der Waals surface area (Å²) in [5.74, 6) is -0.133. The Labute approximate surface area is 79.5 Å². The summed E-state index contributed by atoms with van der Waals surface area (Å²) >= 11 is 0. The van der Waals surface area contributed by atoms with Gasteiger partial charge in [-0.3, -0.25) is 0 Å². The third-order valence-corrected chi connectivity index (χ3v) is 2.13. The molecule has 1 aromatic carbocycles. The summed E-state index contributed by atoms with van der Waals surface area (Å²) in [5.41, 5.74) is 1.94. The van der Waals surface area contributed by atoms with Gasteiger partial charge in [-0.15, -0.1) is 13.2 Å². The molecule has 4 heteroatoms. The monoisotopic (exact) mass is 201 g/mol. The van der Waals surface area contributed by atoms with Crippen LogP contribution in [0, 0.1) is 6.42 Å². The van der Waals surface area contributed by atoms with Crippen LogP contribution < -0.4 is 4.74 Å². The molecule has 1 aliphatic carbocycles. The molecule has 1 aliphatic rings. The van der Waals surface area contributed by atoms with Gasteiger partial charge in [-0.25, -0.2) is 0 Å². The van der Waals surface area contributed by atoms with Crippen molar-refractivity contribution in [1.82, 2.24) is 0 Å². The molecule has 2 rings (SSSR count). The van der Waals surface area contributed by atoms with E-state index in [1.165, 1.54) is 12.1 Å². The second-order valence-electron chi connectivity index (χ2n) is 3.15. The highest BCUT2D eigenvalue weighted by atomic mass is 19.4. The number of benzene rings is 1. The van der Waals surface area contributed by atoms with E-state index in [9.17, 15) is 13.2 Å². The minimum Gasteiger partial charge on any atom is -0.406 e. The molecule has 0 saturated carbocycles. The quantitative estimate of drug-likeness (QED) is 0.678. The van der Waals surface area contributed by atoms with Crippen LogP contribution in [0.5, 0.6) is 5.75 Å². The molecule has 0 unspecified atom stereocenters. The van der Waals surface area contributed by atoms with Gasteiger partial charge in [0, 0.05) is 0 Å². The first-order valence-corrected chi connectivity index (χ1v) is 4.26. The largest absolute Gasteiger partial charge is 0.573 e. The lowest BCUT2D eigenvalue weighted by molar-refractivity contribution is -0.274. The summed E-state index contributed by atoms with van der Waals surface area (Å²) in [5, 5.41) is 0. The molecule has 0 heterocycles. The normalized spacial score (nSPS) is 15.4. The summed E-state index contributed by atoms with van der Waals surface area (Å²) < 4.78 is 39.4. The lowest BCUT2D eigenvalue weighted by atomic mass is 10.1. The van der Waals surface area contributed by atoms with E-state index in [0.29, 0.717) is 0 Å². The molecule has 75 valence electrons. The molecule has 1 radical (unpaired) electrons. The van der Waals surface area contributed by atoms with Gasteiger partial charge in [0.25, 0.3) is 0 Å². The topological polar surface area (TPSA) is 9.23 Å². The van der Waals surface area contributed by atoms with Gasteiger partial charge in [0.2, 0.25) is 0 Å². The average molecular weight is 201 g/mol. The van der Waals surface area contributed by atoms with Crippen LogP contribution in [-0.2, 0) is 6.42 Å². The second-order valence-corrected chi connectivity index (χ2v) is 3.15. The lowest BCUT2D eigenvalue weighted by Gasteiger charge is -2.09. The molecular formula is C10H8F3O. The molecule has 0 saturated heterocycles. The number of halogens is 3. The molecular weight excluding hydrogens is 193 g/mol. The number of rotatable bonds is 1. The predicted molar refractivity (Wildman–Crippen MR) is 44.8 cm³/mol. The van der Waals surface area contributed by atoms with Crippen LogP contribution in [0.1, 0.15) is 17.5 Å². The van der Waals surface area contributed by atoms with Crippen molar-refractivity contribution in [2.24, 2.45) is 0 Å². The molecule has 14 heavy (non-hydrogen) atoms. The molecule has 0 N–H and O–H groups in total. The van der Waals surface area contributed by atoms with Gasteiger partial charge in [-0.2, -0.15) is 0 Å². The summed E-state index contributed by atoms with van der Waals surface area (Å²) in [6.45, 7) is 0. The summed E-state index contributed by atoms with van der Waals surface area (Å²) in [4.78, 5) is 0. The van der Waals surface area contributed by atoms with E-state index in [2.05, 4.69) is 4.74 Å². The Morgan fingerprint density at radius 3 is 2.71 bits per heavy atom. The van der Waals surface area contributed by atoms with Crippen LogP contribution in [0.2, 0.25) is 0 Å². The minimum atomic E-state index is -4.60. The molecule has 0 amide bonds. The molecule has 0 spiro atoms. The van der Waals surface area contributed by atoms with Crippen molar-refractivity contribution in [1.29, 1.82) is 0 Å². The van der Waals surface area contributed by atoms with Gasteiger partial charge in [0.1, 0.15) is 5.75 Å². The highest BCUT2D eigenvalue weighted by molar-refractivity contribution is 5.42. The van der Waals surface area contributed by atoms with Crippen molar-refractivity contribution in [2.75, 3.05) is 0 Å². The average Bonchev–Trinajstić information content (AvgIpc) is 2.47. The van der Waals surface area contributed by atoms with Crippen LogP contribution in [0.25, 0.3) is 0 Å². The van der Waals surface area contributed by atoms with Crippen LogP contribution in [-0.4, -0.2) is 6.36 Å². The van der Waals surface area contributed by atoms with Gasteiger partial charge >= 0.3 is 6.36 Å². The highest BCUT2D eigenvalue weighted by Crippen LogP contribution is 2.30. The fourth-order valence-electron chi connectivity index (χ4n) is 1.58. The Morgan fingerprint density at radius 1 is 1.21 bits per heavy atom. The number of hydrogen-bond donors (Lipinski definition) is 0. The standard InChI is InChI=1S/C10H8F3O/c11-10(12,13)14-9-5-4-7-2-1-3-8(7)6-9/h2,4-6H,1,3H2. The van der Waals surface area contributed by atoms with Crippen molar-refractivity contribution in [3.63, 3.8) is 0 Å². The lowest BCUT2D eigenvalue weighted by Crippen LogP contribution is -2.17. The Kier molecular flexibility index (Phi) is 2.13. The maximum atomic E-state index is 11.9.